The Morgan fingerprint density at radius 1 is 1.11 bits per heavy atom. The first-order valence-corrected chi connectivity index (χ1v) is 9.14. The maximum atomic E-state index is 10.9. The second-order valence-corrected chi connectivity index (χ2v) is 6.44. The minimum absolute atomic E-state index is 0.192. The fourth-order valence-corrected chi connectivity index (χ4v) is 2.99. The minimum atomic E-state index is -0.318. The third kappa shape index (κ3) is 6.38. The average molecular weight is 372 g/mol. The van der Waals surface area contributed by atoms with Crippen LogP contribution in [0, 0.1) is 6.92 Å². The monoisotopic (exact) mass is 372 g/mol. The van der Waals surface area contributed by atoms with Gasteiger partial charge in [-0.05, 0) is 48.1 Å². The summed E-state index contributed by atoms with van der Waals surface area (Å²) in [5.41, 5.74) is 5.33. The molecule has 0 aromatic heterocycles. The van der Waals surface area contributed by atoms with Crippen LogP contribution in [0.2, 0.25) is 0 Å². The summed E-state index contributed by atoms with van der Waals surface area (Å²) >= 11 is 0. The van der Waals surface area contributed by atoms with Crippen molar-refractivity contribution in [2.24, 2.45) is 0 Å². The summed E-state index contributed by atoms with van der Waals surface area (Å²) in [5.74, 6) is 0.430. The molecule has 0 amide bonds. The third-order valence-corrected chi connectivity index (χ3v) is 4.14. The van der Waals surface area contributed by atoms with E-state index < -0.39 is 0 Å². The van der Waals surface area contributed by atoms with Crippen molar-refractivity contribution in [2.75, 3.05) is 26.9 Å². The van der Waals surface area contributed by atoms with Gasteiger partial charge >= 0.3 is 5.97 Å². The smallest absolute Gasteiger partial charge is 0.302 e. The van der Waals surface area contributed by atoms with Gasteiger partial charge < -0.3 is 19.3 Å². The summed E-state index contributed by atoms with van der Waals surface area (Å²) < 4.78 is 16.3. The Bertz CT molecular complexity index is 737. The highest BCUT2D eigenvalue weighted by Crippen LogP contribution is 2.35. The molecule has 0 saturated heterocycles. The molecule has 1 N–H and O–H groups in total. The lowest BCUT2D eigenvalue weighted by Crippen LogP contribution is -2.10. The summed E-state index contributed by atoms with van der Waals surface area (Å²) in [4.78, 5) is 10.9. The van der Waals surface area contributed by atoms with E-state index in [0.717, 1.165) is 40.8 Å². The van der Waals surface area contributed by atoms with Crippen LogP contribution in [0.5, 0.6) is 5.75 Å². The summed E-state index contributed by atoms with van der Waals surface area (Å²) in [7, 11) is 1.67. The molecule has 2 rings (SSSR count). The first-order valence-electron chi connectivity index (χ1n) is 9.14. The van der Waals surface area contributed by atoms with Gasteiger partial charge in [-0.1, -0.05) is 30.3 Å². The molecule has 5 nitrogen and oxygen atoms in total. The zero-order valence-electron chi connectivity index (χ0n) is 16.3. The summed E-state index contributed by atoms with van der Waals surface area (Å²) in [5, 5.41) is 8.99. The molecule has 0 bridgehead atoms. The number of aliphatic hydroxyl groups excluding tert-OH is 1. The Morgan fingerprint density at radius 3 is 2.48 bits per heavy atom. The minimum Gasteiger partial charge on any atom is -0.489 e. The van der Waals surface area contributed by atoms with Gasteiger partial charge in [0, 0.05) is 26.2 Å². The Hall–Kier alpha value is -2.37. The van der Waals surface area contributed by atoms with E-state index in [0.29, 0.717) is 6.61 Å². The van der Waals surface area contributed by atoms with Crippen LogP contribution in [0.25, 0.3) is 11.1 Å². The predicted molar refractivity (Wildman–Crippen MR) is 105 cm³/mol. The molecule has 0 saturated carbocycles. The molecule has 27 heavy (non-hydrogen) atoms. The Labute approximate surface area is 160 Å². The first-order chi connectivity index (χ1) is 13.0. The molecule has 0 radical (unpaired) electrons. The van der Waals surface area contributed by atoms with Crippen molar-refractivity contribution in [3.63, 3.8) is 0 Å². The Balaban J connectivity index is 2.31. The molecule has 0 aliphatic rings. The second kappa shape index (κ2) is 10.7. The number of benzene rings is 2. The van der Waals surface area contributed by atoms with Crippen LogP contribution in [0.4, 0.5) is 0 Å². The highest BCUT2D eigenvalue weighted by Gasteiger charge is 2.14. The van der Waals surface area contributed by atoms with E-state index >= 15 is 0 Å². The Morgan fingerprint density at radius 2 is 1.85 bits per heavy atom. The lowest BCUT2D eigenvalue weighted by atomic mass is 9.95. The van der Waals surface area contributed by atoms with Crippen LogP contribution in [0.1, 0.15) is 30.0 Å². The SMILES string of the molecule is COCc1cc(C)cc(OCCOC(C)=O)c1-c1ccc(CCCO)cc1. The van der Waals surface area contributed by atoms with Crippen molar-refractivity contribution in [3.8, 4) is 16.9 Å². The van der Waals surface area contributed by atoms with E-state index in [2.05, 4.69) is 30.3 Å². The van der Waals surface area contributed by atoms with E-state index in [9.17, 15) is 4.79 Å². The van der Waals surface area contributed by atoms with E-state index in [1.54, 1.807) is 7.11 Å². The zero-order chi connectivity index (χ0) is 19.6. The highest BCUT2D eigenvalue weighted by atomic mass is 16.6. The first kappa shape index (κ1) is 20.9. The number of carbonyl (C=O) groups excluding carboxylic acids is 1. The highest BCUT2D eigenvalue weighted by molar-refractivity contribution is 5.75. The zero-order valence-corrected chi connectivity index (χ0v) is 16.3. The van der Waals surface area contributed by atoms with E-state index in [-0.39, 0.29) is 25.8 Å². The van der Waals surface area contributed by atoms with Crippen molar-refractivity contribution in [3.05, 3.63) is 53.1 Å². The van der Waals surface area contributed by atoms with Crippen LogP contribution < -0.4 is 4.74 Å². The predicted octanol–water partition coefficient (Wildman–Crippen LogP) is 3.68. The molecule has 0 unspecified atom stereocenters. The van der Waals surface area contributed by atoms with E-state index in [1.807, 2.05) is 13.0 Å². The summed E-state index contributed by atoms with van der Waals surface area (Å²) in [6.07, 6.45) is 1.60. The Kier molecular flexibility index (Phi) is 8.30. The normalized spacial score (nSPS) is 10.7. The fraction of sp³-hybridized carbons (Fsp3) is 0.409. The number of ether oxygens (including phenoxy) is 3. The standard InChI is InChI=1S/C22H28O5/c1-16-13-20(15-25-3)22(21(14-16)27-12-11-26-17(2)24)19-8-6-18(7-9-19)5-4-10-23/h6-9,13-14,23H,4-5,10-12,15H2,1-3H3. The molecular weight excluding hydrogens is 344 g/mol. The van der Waals surface area contributed by atoms with Gasteiger partial charge in [-0.15, -0.1) is 0 Å². The lowest BCUT2D eigenvalue weighted by molar-refractivity contribution is -0.141. The number of methoxy groups -OCH3 is 1. The third-order valence-electron chi connectivity index (χ3n) is 4.14. The maximum absolute atomic E-state index is 10.9. The number of aliphatic hydroxyl groups is 1. The molecule has 146 valence electrons. The number of esters is 1. The van der Waals surface area contributed by atoms with Gasteiger partial charge in [-0.3, -0.25) is 4.79 Å². The van der Waals surface area contributed by atoms with Crippen molar-refractivity contribution >= 4 is 5.97 Å². The number of aryl methyl sites for hydroxylation is 2. The van der Waals surface area contributed by atoms with Crippen LogP contribution >= 0.6 is 0 Å². The van der Waals surface area contributed by atoms with Crippen molar-refractivity contribution in [1.29, 1.82) is 0 Å². The van der Waals surface area contributed by atoms with Gasteiger partial charge in [-0.2, -0.15) is 0 Å². The van der Waals surface area contributed by atoms with Crippen molar-refractivity contribution in [1.82, 2.24) is 0 Å². The summed E-state index contributed by atoms with van der Waals surface area (Å²) in [6.45, 7) is 4.56. The van der Waals surface area contributed by atoms with Crippen LogP contribution in [0.15, 0.2) is 36.4 Å². The molecule has 0 spiro atoms. The van der Waals surface area contributed by atoms with E-state index in [4.69, 9.17) is 19.3 Å². The van der Waals surface area contributed by atoms with Crippen molar-refractivity contribution in [2.45, 2.75) is 33.3 Å². The van der Waals surface area contributed by atoms with Gasteiger partial charge in [0.2, 0.25) is 0 Å². The van der Waals surface area contributed by atoms with Gasteiger partial charge in [0.25, 0.3) is 0 Å². The molecule has 0 aliphatic heterocycles. The lowest BCUT2D eigenvalue weighted by Gasteiger charge is -2.17. The van der Waals surface area contributed by atoms with Crippen LogP contribution in [-0.2, 0) is 27.3 Å². The van der Waals surface area contributed by atoms with Gasteiger partial charge in [0.1, 0.15) is 19.0 Å². The number of rotatable bonds is 10. The van der Waals surface area contributed by atoms with E-state index in [1.165, 1.54) is 12.5 Å². The second-order valence-electron chi connectivity index (χ2n) is 6.44. The molecule has 0 fully saturated rings. The topological polar surface area (TPSA) is 65.0 Å². The molecule has 2 aromatic carbocycles. The molecule has 0 heterocycles. The van der Waals surface area contributed by atoms with Crippen LogP contribution in [0.3, 0.4) is 0 Å². The molecular formula is C22H28O5. The molecule has 5 heteroatoms. The largest absolute Gasteiger partial charge is 0.489 e. The van der Waals surface area contributed by atoms with Gasteiger partial charge in [-0.25, -0.2) is 0 Å². The van der Waals surface area contributed by atoms with Gasteiger partial charge in [0.05, 0.1) is 6.61 Å². The number of carbonyl (C=O) groups is 1. The average Bonchev–Trinajstić information content (AvgIpc) is 2.64. The maximum Gasteiger partial charge on any atom is 0.302 e. The number of hydrogen-bond acceptors (Lipinski definition) is 5. The quantitative estimate of drug-likeness (QED) is 0.509. The number of hydrogen-bond donors (Lipinski definition) is 1. The van der Waals surface area contributed by atoms with Crippen LogP contribution in [-0.4, -0.2) is 38.0 Å². The van der Waals surface area contributed by atoms with Crippen molar-refractivity contribution < 1.29 is 24.1 Å². The van der Waals surface area contributed by atoms with Gasteiger partial charge in [0.15, 0.2) is 0 Å². The fourth-order valence-electron chi connectivity index (χ4n) is 2.99. The molecule has 2 aromatic rings. The summed E-state index contributed by atoms with van der Waals surface area (Å²) in [6, 6.07) is 12.4. The molecule has 0 aliphatic carbocycles. The molecule has 0 atom stereocenters.